The summed E-state index contributed by atoms with van der Waals surface area (Å²) in [6, 6.07) is 0. The van der Waals surface area contributed by atoms with E-state index < -0.39 is 97.5 Å². The van der Waals surface area contributed by atoms with Crippen molar-refractivity contribution in [3.63, 3.8) is 0 Å². The maximum Gasteiger partial charge on any atom is 0.472 e. The molecule has 17 nitrogen and oxygen atoms in total. The maximum atomic E-state index is 13.0. The van der Waals surface area contributed by atoms with E-state index in [0.717, 1.165) is 115 Å². The molecule has 0 aliphatic heterocycles. The molecule has 0 radical (unpaired) electrons. The lowest BCUT2D eigenvalue weighted by Gasteiger charge is -2.21. The molecule has 81 heavy (non-hydrogen) atoms. The molecule has 19 heteroatoms. The van der Waals surface area contributed by atoms with Crippen LogP contribution in [-0.2, 0) is 65.4 Å². The SMILES string of the molecule is CCCCCCCCCCCC(=O)O[C@H](COC(=O)CCCCCCCCC)COP(=O)(O)OC[C@H](O)COP(=O)(O)OC[C@@H](COC(=O)CCCCCCCCCCC(C)C)OC(=O)CCCCCCCCCCCCC(C)CC. The molecule has 0 aromatic rings. The topological polar surface area (TPSA) is 237 Å². The van der Waals surface area contributed by atoms with E-state index in [9.17, 15) is 43.2 Å². The van der Waals surface area contributed by atoms with Gasteiger partial charge in [0.2, 0.25) is 0 Å². The second-order valence-electron chi connectivity index (χ2n) is 23.2. The fourth-order valence-electron chi connectivity index (χ4n) is 9.15. The summed E-state index contributed by atoms with van der Waals surface area (Å²) in [5.74, 6) is -0.613. The Hall–Kier alpha value is -1.94. The summed E-state index contributed by atoms with van der Waals surface area (Å²) < 4.78 is 67.8. The highest BCUT2D eigenvalue weighted by Gasteiger charge is 2.30. The first-order valence-corrected chi connectivity index (χ1v) is 35.5. The van der Waals surface area contributed by atoms with Crippen molar-refractivity contribution in [1.82, 2.24) is 0 Å². The number of esters is 4. The summed E-state index contributed by atoms with van der Waals surface area (Å²) in [6.45, 7) is 9.41. The van der Waals surface area contributed by atoms with E-state index in [0.29, 0.717) is 25.7 Å². The summed E-state index contributed by atoms with van der Waals surface area (Å²) in [6.07, 6.45) is 36.2. The molecule has 0 heterocycles. The molecule has 0 rings (SSSR count). The molecular weight excluding hydrogens is 1080 g/mol. The van der Waals surface area contributed by atoms with Gasteiger partial charge in [-0.05, 0) is 37.5 Å². The Morgan fingerprint density at radius 3 is 0.938 bits per heavy atom. The number of carbonyl (C=O) groups excluding carboxylic acids is 4. The lowest BCUT2D eigenvalue weighted by molar-refractivity contribution is -0.161. The van der Waals surface area contributed by atoms with Gasteiger partial charge in [0, 0.05) is 25.7 Å². The first-order chi connectivity index (χ1) is 38.9. The van der Waals surface area contributed by atoms with Crippen LogP contribution < -0.4 is 0 Å². The second kappa shape index (κ2) is 54.7. The lowest BCUT2D eigenvalue weighted by Crippen LogP contribution is -2.30. The van der Waals surface area contributed by atoms with Gasteiger partial charge in [-0.2, -0.15) is 0 Å². The third-order valence-electron chi connectivity index (χ3n) is 14.6. The Balaban J connectivity index is 5.22. The van der Waals surface area contributed by atoms with Gasteiger partial charge in [-0.15, -0.1) is 0 Å². The smallest absolute Gasteiger partial charge is 0.462 e. The number of hydrogen-bond acceptors (Lipinski definition) is 15. The summed E-state index contributed by atoms with van der Waals surface area (Å²) in [7, 11) is -9.88. The van der Waals surface area contributed by atoms with Crippen LogP contribution in [0.25, 0.3) is 0 Å². The van der Waals surface area contributed by atoms with Crippen LogP contribution in [0.4, 0.5) is 0 Å². The average Bonchev–Trinajstić information content (AvgIpc) is 3.43. The van der Waals surface area contributed by atoms with Crippen molar-refractivity contribution in [1.29, 1.82) is 0 Å². The van der Waals surface area contributed by atoms with Crippen molar-refractivity contribution in [2.45, 2.75) is 323 Å². The molecule has 0 saturated heterocycles. The predicted octanol–water partition coefficient (Wildman–Crippen LogP) is 16.9. The standard InChI is InChI=1S/C62H120O17P2/c1-7-10-12-14-16-19-28-34-40-46-61(66)78-57(50-72-59(64)44-38-32-24-15-13-11-8-2)52-76-80(68,69)74-48-56(63)49-75-81(70,71)77-53-58(51-73-60(65)45-39-33-27-23-22-25-30-36-42-54(4)5)79-62(67)47-41-35-29-21-18-17-20-26-31-37-43-55(6)9-3/h54-58,63H,7-53H2,1-6H3,(H,68,69)(H,70,71)/t55?,56-,57+,58+/m0/s1. The van der Waals surface area contributed by atoms with Crippen molar-refractivity contribution in [2.75, 3.05) is 39.6 Å². The number of rotatable bonds is 61. The number of carbonyl (C=O) groups is 4. The zero-order valence-electron chi connectivity index (χ0n) is 52.1. The zero-order valence-corrected chi connectivity index (χ0v) is 53.9. The Bertz CT molecular complexity index is 1600. The van der Waals surface area contributed by atoms with Gasteiger partial charge in [0.05, 0.1) is 26.4 Å². The number of hydrogen-bond donors (Lipinski definition) is 3. The minimum atomic E-state index is -4.94. The van der Waals surface area contributed by atoms with Crippen LogP contribution >= 0.6 is 15.6 Å². The highest BCUT2D eigenvalue weighted by Crippen LogP contribution is 2.45. The van der Waals surface area contributed by atoms with Crippen LogP contribution in [0.15, 0.2) is 0 Å². The van der Waals surface area contributed by atoms with Gasteiger partial charge in [0.15, 0.2) is 12.2 Å². The van der Waals surface area contributed by atoms with E-state index in [1.807, 2.05) is 0 Å². The minimum absolute atomic E-state index is 0.105. The number of phosphoric acid groups is 2. The Morgan fingerprint density at radius 2 is 0.630 bits per heavy atom. The Labute approximate surface area is 492 Å². The number of phosphoric ester groups is 2. The van der Waals surface area contributed by atoms with Gasteiger partial charge >= 0.3 is 39.5 Å². The van der Waals surface area contributed by atoms with Crippen molar-refractivity contribution >= 4 is 39.5 Å². The molecular formula is C62H120O17P2. The largest absolute Gasteiger partial charge is 0.472 e. The van der Waals surface area contributed by atoms with E-state index >= 15 is 0 Å². The molecule has 0 saturated carbocycles. The van der Waals surface area contributed by atoms with Gasteiger partial charge in [-0.25, -0.2) is 9.13 Å². The van der Waals surface area contributed by atoms with Crippen molar-refractivity contribution in [2.24, 2.45) is 11.8 Å². The zero-order chi connectivity index (χ0) is 60.1. The van der Waals surface area contributed by atoms with Gasteiger partial charge < -0.3 is 33.8 Å². The Morgan fingerprint density at radius 1 is 0.358 bits per heavy atom. The average molecular weight is 1200 g/mol. The summed E-state index contributed by atoms with van der Waals surface area (Å²) in [4.78, 5) is 72.0. The first-order valence-electron chi connectivity index (χ1n) is 32.5. The third kappa shape index (κ3) is 55.7. The van der Waals surface area contributed by atoms with Crippen molar-refractivity contribution < 1.29 is 80.2 Å². The summed E-state index contributed by atoms with van der Waals surface area (Å²) in [5.41, 5.74) is 0. The molecule has 0 aromatic carbocycles. The molecule has 0 aromatic heterocycles. The molecule has 3 N–H and O–H groups in total. The predicted molar refractivity (Wildman–Crippen MR) is 321 cm³/mol. The molecule has 0 amide bonds. The van der Waals surface area contributed by atoms with E-state index in [-0.39, 0.29) is 25.7 Å². The highest BCUT2D eigenvalue weighted by atomic mass is 31.2. The van der Waals surface area contributed by atoms with E-state index in [2.05, 4.69) is 41.5 Å². The molecule has 3 unspecified atom stereocenters. The Kier molecular flexibility index (Phi) is 53.4. The van der Waals surface area contributed by atoms with Crippen LogP contribution in [0.5, 0.6) is 0 Å². The van der Waals surface area contributed by atoms with Gasteiger partial charge in [0.1, 0.15) is 19.3 Å². The van der Waals surface area contributed by atoms with Crippen LogP contribution in [-0.4, -0.2) is 96.7 Å². The van der Waals surface area contributed by atoms with E-state index in [1.165, 1.54) is 109 Å². The van der Waals surface area contributed by atoms with Crippen LogP contribution in [0.2, 0.25) is 0 Å². The van der Waals surface area contributed by atoms with Crippen molar-refractivity contribution in [3.05, 3.63) is 0 Å². The molecule has 0 bridgehead atoms. The summed E-state index contributed by atoms with van der Waals surface area (Å²) >= 11 is 0. The molecule has 0 aliphatic carbocycles. The normalized spacial score (nSPS) is 14.7. The van der Waals surface area contributed by atoms with E-state index in [4.69, 9.17) is 37.0 Å². The second-order valence-corrected chi connectivity index (χ2v) is 26.1. The molecule has 6 atom stereocenters. The van der Waals surface area contributed by atoms with Crippen LogP contribution in [0, 0.1) is 11.8 Å². The summed E-state index contributed by atoms with van der Waals surface area (Å²) in [5, 5.41) is 10.5. The van der Waals surface area contributed by atoms with Gasteiger partial charge in [0.25, 0.3) is 0 Å². The fourth-order valence-corrected chi connectivity index (χ4v) is 10.7. The minimum Gasteiger partial charge on any atom is -0.462 e. The number of ether oxygens (including phenoxy) is 4. The fraction of sp³-hybridized carbons (Fsp3) is 0.935. The van der Waals surface area contributed by atoms with Crippen LogP contribution in [0.1, 0.15) is 305 Å². The monoisotopic (exact) mass is 1200 g/mol. The number of aliphatic hydroxyl groups excluding tert-OH is 1. The van der Waals surface area contributed by atoms with Crippen LogP contribution in [0.3, 0.4) is 0 Å². The maximum absolute atomic E-state index is 13.0. The van der Waals surface area contributed by atoms with Crippen molar-refractivity contribution in [3.8, 4) is 0 Å². The highest BCUT2D eigenvalue weighted by molar-refractivity contribution is 7.47. The molecule has 0 aliphatic rings. The number of unbranched alkanes of at least 4 members (excludes halogenated alkanes) is 30. The quantitative estimate of drug-likeness (QED) is 0.0222. The molecule has 0 fully saturated rings. The first kappa shape index (κ1) is 79.1. The van der Waals surface area contributed by atoms with Gasteiger partial charge in [-0.1, -0.05) is 253 Å². The molecule has 480 valence electrons. The van der Waals surface area contributed by atoms with E-state index in [1.54, 1.807) is 0 Å². The number of aliphatic hydroxyl groups is 1. The molecule has 0 spiro atoms. The third-order valence-corrected chi connectivity index (χ3v) is 16.5. The van der Waals surface area contributed by atoms with Gasteiger partial charge in [-0.3, -0.25) is 37.3 Å². The lowest BCUT2D eigenvalue weighted by atomic mass is 9.99.